The van der Waals surface area contributed by atoms with Crippen LogP contribution >= 0.6 is 11.6 Å². The van der Waals surface area contributed by atoms with E-state index in [0.717, 1.165) is 44.4 Å². The number of carbonyl (C=O) groups excluding carboxylic acids is 4. The van der Waals surface area contributed by atoms with Gasteiger partial charge < -0.3 is 0 Å². The van der Waals surface area contributed by atoms with Crippen molar-refractivity contribution in [3.63, 3.8) is 0 Å². The molecule has 3 atom stereocenters. The number of amides is 3. The maximum atomic E-state index is 14.5. The van der Waals surface area contributed by atoms with E-state index in [1.165, 1.54) is 43.3 Å². The van der Waals surface area contributed by atoms with Crippen LogP contribution in [-0.4, -0.2) is 44.5 Å². The zero-order chi connectivity index (χ0) is 30.9. The fraction of sp³-hybridized carbons (Fsp3) is 0.176. The number of nitro benzene ring substituents is 1. The van der Waals surface area contributed by atoms with E-state index in [0.29, 0.717) is 5.02 Å². The molecule has 1 heterocycles. The fourth-order valence-corrected chi connectivity index (χ4v) is 7.26. The molecule has 3 aliphatic carbocycles. The van der Waals surface area contributed by atoms with Crippen LogP contribution in [-0.2, 0) is 9.59 Å². The van der Waals surface area contributed by atoms with Crippen molar-refractivity contribution < 1.29 is 24.1 Å². The highest BCUT2D eigenvalue weighted by atomic mass is 35.5. The summed E-state index contributed by atoms with van der Waals surface area (Å²) >= 11 is 6.02. The highest BCUT2D eigenvalue weighted by molar-refractivity contribution is 6.30. The number of rotatable bonds is 6. The zero-order valence-corrected chi connectivity index (χ0v) is 24.0. The molecule has 1 saturated heterocycles. The Kier molecular flexibility index (Phi) is 6.44. The Morgan fingerprint density at radius 1 is 0.750 bits per heavy atom. The van der Waals surface area contributed by atoms with E-state index in [9.17, 15) is 29.3 Å². The second kappa shape index (κ2) is 10.2. The van der Waals surface area contributed by atoms with Crippen LogP contribution in [0.1, 0.15) is 61.7 Å². The molecular weight excluding hydrogens is 582 g/mol. The van der Waals surface area contributed by atoms with E-state index in [4.69, 9.17) is 11.6 Å². The Hall–Kier alpha value is -5.15. The standard InChI is InChI=1S/C34H24ClN3O6/c1-18(31(39)19-10-14-21(35)15-11-19)36(32(40)20-12-16-22(17-13-20)38(43)44)37-33(41)29-27-23-6-2-3-7-24(23)28(30(29)34(37)42)26-9-5-4-8-25(26)27/h2-18,27-30H,1H3/t18-,27?,28?,29-,30-/m1/s1. The quantitative estimate of drug-likeness (QED) is 0.119. The van der Waals surface area contributed by atoms with Gasteiger partial charge in [0.15, 0.2) is 5.78 Å². The second-order valence-corrected chi connectivity index (χ2v) is 11.7. The molecule has 0 radical (unpaired) electrons. The van der Waals surface area contributed by atoms with Gasteiger partial charge in [0.1, 0.15) is 6.04 Å². The highest BCUT2D eigenvalue weighted by Crippen LogP contribution is 2.61. The Morgan fingerprint density at radius 2 is 1.18 bits per heavy atom. The molecule has 3 amide bonds. The minimum atomic E-state index is -1.28. The van der Waals surface area contributed by atoms with Crippen molar-refractivity contribution in [1.82, 2.24) is 10.0 Å². The Balaban J connectivity index is 1.35. The predicted molar refractivity (Wildman–Crippen MR) is 160 cm³/mol. The molecule has 0 saturated carbocycles. The Labute approximate surface area is 256 Å². The average molecular weight is 606 g/mol. The van der Waals surface area contributed by atoms with Crippen LogP contribution in [0.25, 0.3) is 0 Å². The van der Waals surface area contributed by atoms with E-state index in [-0.39, 0.29) is 16.8 Å². The van der Waals surface area contributed by atoms with Crippen molar-refractivity contribution in [1.29, 1.82) is 0 Å². The van der Waals surface area contributed by atoms with E-state index >= 15 is 0 Å². The Bertz CT molecular complexity index is 1770. The summed E-state index contributed by atoms with van der Waals surface area (Å²) in [6.45, 7) is 1.46. The van der Waals surface area contributed by atoms with Gasteiger partial charge in [-0.1, -0.05) is 60.1 Å². The van der Waals surface area contributed by atoms with Crippen molar-refractivity contribution >= 4 is 40.8 Å². The number of imide groups is 1. The molecule has 4 aliphatic rings. The van der Waals surface area contributed by atoms with Gasteiger partial charge in [-0.25, -0.2) is 5.01 Å². The molecule has 2 bridgehead atoms. The summed E-state index contributed by atoms with van der Waals surface area (Å²) in [4.78, 5) is 67.6. The second-order valence-electron chi connectivity index (χ2n) is 11.3. The average Bonchev–Trinajstić information content (AvgIpc) is 3.30. The molecule has 0 N–H and O–H groups in total. The van der Waals surface area contributed by atoms with Gasteiger partial charge in [0.2, 0.25) is 0 Å². The number of Topliss-reactive ketones (excluding diaryl/α,β-unsaturated/α-hetero) is 1. The third-order valence-corrected chi connectivity index (χ3v) is 9.30. The number of carbonyl (C=O) groups is 4. The minimum absolute atomic E-state index is 0.0172. The molecule has 0 aromatic heterocycles. The van der Waals surface area contributed by atoms with Crippen LogP contribution < -0.4 is 0 Å². The maximum Gasteiger partial charge on any atom is 0.273 e. The van der Waals surface area contributed by atoms with Gasteiger partial charge in [-0.3, -0.25) is 29.3 Å². The van der Waals surface area contributed by atoms with E-state index < -0.39 is 58.1 Å². The third kappa shape index (κ3) is 4.00. The molecule has 218 valence electrons. The predicted octanol–water partition coefficient (Wildman–Crippen LogP) is 5.77. The summed E-state index contributed by atoms with van der Waals surface area (Å²) in [6, 6.07) is 25.2. The largest absolute Gasteiger partial charge is 0.292 e. The lowest BCUT2D eigenvalue weighted by atomic mass is 9.55. The van der Waals surface area contributed by atoms with Crippen LogP contribution in [0.4, 0.5) is 5.69 Å². The van der Waals surface area contributed by atoms with Crippen LogP contribution in [0.3, 0.4) is 0 Å². The van der Waals surface area contributed by atoms with Gasteiger partial charge in [0, 0.05) is 40.1 Å². The van der Waals surface area contributed by atoms with E-state index in [1.807, 2.05) is 48.5 Å². The number of benzene rings is 4. The minimum Gasteiger partial charge on any atom is -0.292 e. The topological polar surface area (TPSA) is 118 Å². The van der Waals surface area contributed by atoms with Crippen molar-refractivity contribution in [3.8, 4) is 0 Å². The molecule has 0 spiro atoms. The number of nitro groups is 1. The summed E-state index contributed by atoms with van der Waals surface area (Å²) in [5, 5.41) is 13.4. The summed E-state index contributed by atoms with van der Waals surface area (Å²) in [6.07, 6.45) is 0. The summed E-state index contributed by atoms with van der Waals surface area (Å²) < 4.78 is 0. The summed E-state index contributed by atoms with van der Waals surface area (Å²) in [5.41, 5.74) is 3.87. The number of hydrogen-bond acceptors (Lipinski definition) is 6. The molecule has 8 rings (SSSR count). The first kappa shape index (κ1) is 27.7. The highest BCUT2D eigenvalue weighted by Gasteiger charge is 2.63. The lowest BCUT2D eigenvalue weighted by Crippen LogP contribution is -2.56. The van der Waals surface area contributed by atoms with Crippen LogP contribution in [0, 0.1) is 22.0 Å². The zero-order valence-electron chi connectivity index (χ0n) is 23.3. The van der Waals surface area contributed by atoms with Crippen molar-refractivity contribution in [2.45, 2.75) is 24.8 Å². The maximum absolute atomic E-state index is 14.5. The van der Waals surface area contributed by atoms with Crippen LogP contribution in [0.2, 0.25) is 5.02 Å². The number of halogens is 1. The van der Waals surface area contributed by atoms with Crippen LogP contribution in [0.5, 0.6) is 0 Å². The molecule has 4 aromatic carbocycles. The molecule has 1 aliphatic heterocycles. The van der Waals surface area contributed by atoms with Gasteiger partial charge in [-0.2, -0.15) is 5.01 Å². The number of ketones is 1. The fourth-order valence-electron chi connectivity index (χ4n) is 7.14. The van der Waals surface area contributed by atoms with Crippen molar-refractivity contribution in [2.75, 3.05) is 0 Å². The molecular formula is C34H24ClN3O6. The van der Waals surface area contributed by atoms with Gasteiger partial charge in [-0.05, 0) is 65.6 Å². The molecule has 9 nitrogen and oxygen atoms in total. The van der Waals surface area contributed by atoms with Gasteiger partial charge in [-0.15, -0.1) is 0 Å². The van der Waals surface area contributed by atoms with E-state index in [1.54, 1.807) is 0 Å². The molecule has 44 heavy (non-hydrogen) atoms. The lowest BCUT2D eigenvalue weighted by molar-refractivity contribution is -0.384. The van der Waals surface area contributed by atoms with Crippen molar-refractivity contribution in [2.24, 2.45) is 11.8 Å². The first-order valence-electron chi connectivity index (χ1n) is 14.1. The normalized spacial score (nSPS) is 21.7. The number of hydrogen-bond donors (Lipinski definition) is 0. The SMILES string of the molecule is C[C@H](C(=O)c1ccc(Cl)cc1)N(C(=O)c1ccc([N+](=O)[O-])cc1)N1C(=O)[C@@H]2C3c4ccccc4C(c4ccccc43)[C@H]2C1=O. The van der Waals surface area contributed by atoms with Gasteiger partial charge in [0.25, 0.3) is 23.4 Å². The first-order chi connectivity index (χ1) is 21.2. The van der Waals surface area contributed by atoms with E-state index in [2.05, 4.69) is 0 Å². The number of hydrazine groups is 1. The molecule has 10 heteroatoms. The molecule has 4 aromatic rings. The third-order valence-electron chi connectivity index (χ3n) is 9.05. The first-order valence-corrected chi connectivity index (χ1v) is 14.5. The van der Waals surface area contributed by atoms with Gasteiger partial charge >= 0.3 is 0 Å². The number of non-ortho nitro benzene ring substituents is 1. The van der Waals surface area contributed by atoms with Crippen molar-refractivity contribution in [3.05, 3.63) is 146 Å². The smallest absolute Gasteiger partial charge is 0.273 e. The molecule has 0 unspecified atom stereocenters. The lowest BCUT2D eigenvalue weighted by Gasteiger charge is -2.45. The number of nitrogens with zero attached hydrogens (tertiary/aromatic N) is 3. The van der Waals surface area contributed by atoms with Crippen LogP contribution in [0.15, 0.2) is 97.1 Å². The Morgan fingerprint density at radius 3 is 1.61 bits per heavy atom. The summed E-state index contributed by atoms with van der Waals surface area (Å²) in [5.74, 6) is -4.81. The summed E-state index contributed by atoms with van der Waals surface area (Å²) in [7, 11) is 0. The monoisotopic (exact) mass is 605 g/mol. The van der Waals surface area contributed by atoms with Gasteiger partial charge in [0.05, 0.1) is 16.8 Å². The molecule has 1 fully saturated rings.